The lowest BCUT2D eigenvalue weighted by molar-refractivity contribution is 0.555. The summed E-state index contributed by atoms with van der Waals surface area (Å²) in [5.74, 6) is 0. The Kier molecular flexibility index (Phi) is 7.19. The Balaban J connectivity index is 1.18. The Morgan fingerprint density at radius 3 is 2.24 bits per heavy atom. The van der Waals surface area contributed by atoms with Crippen LogP contribution in [-0.2, 0) is 5.41 Å². The third-order valence-corrected chi connectivity index (χ3v) is 12.4. The highest BCUT2D eigenvalue weighted by atomic mass is 16.3. The van der Waals surface area contributed by atoms with E-state index in [1.807, 2.05) is 0 Å². The molecule has 8 aromatic rings. The van der Waals surface area contributed by atoms with Crippen molar-refractivity contribution in [3.05, 3.63) is 192 Å². The number of hydrogen-bond acceptors (Lipinski definition) is 2. The van der Waals surface area contributed by atoms with Gasteiger partial charge in [0.25, 0.3) is 0 Å². The molecule has 7 aromatic carbocycles. The number of para-hydroxylation sites is 2. The van der Waals surface area contributed by atoms with E-state index in [0.717, 1.165) is 36.0 Å². The van der Waals surface area contributed by atoms with Crippen molar-refractivity contribution in [1.82, 2.24) is 0 Å². The molecule has 3 aliphatic rings. The van der Waals surface area contributed by atoms with Gasteiger partial charge in [-0.1, -0.05) is 166 Å². The molecule has 0 N–H and O–H groups in total. The molecule has 0 radical (unpaired) electrons. The summed E-state index contributed by atoms with van der Waals surface area (Å²) < 4.78 is 7.31. The summed E-state index contributed by atoms with van der Waals surface area (Å²) in [4.78, 5) is 2.69. The summed E-state index contributed by atoms with van der Waals surface area (Å²) in [5.41, 5.74) is 14.5. The number of benzene rings is 7. The predicted octanol–water partition coefficient (Wildman–Crippen LogP) is 14.3. The van der Waals surface area contributed by atoms with Crippen molar-refractivity contribution in [1.29, 1.82) is 0 Å². The molecule has 2 heteroatoms. The van der Waals surface area contributed by atoms with Gasteiger partial charge >= 0.3 is 0 Å². The summed E-state index contributed by atoms with van der Waals surface area (Å²) in [5, 5.41) is 7.42. The summed E-state index contributed by atoms with van der Waals surface area (Å²) in [7, 11) is 0. The van der Waals surface area contributed by atoms with E-state index < -0.39 is 0 Å². The van der Waals surface area contributed by atoms with Gasteiger partial charge in [0.2, 0.25) is 0 Å². The van der Waals surface area contributed by atoms with Crippen LogP contribution in [-0.4, -0.2) is 6.04 Å². The minimum atomic E-state index is -0.265. The zero-order valence-electron chi connectivity index (χ0n) is 31.2. The van der Waals surface area contributed by atoms with Crippen molar-refractivity contribution in [3.8, 4) is 22.3 Å². The fourth-order valence-electron chi connectivity index (χ4n) is 10.1. The van der Waals surface area contributed by atoms with E-state index in [1.54, 1.807) is 0 Å². The molecule has 0 aliphatic heterocycles. The van der Waals surface area contributed by atoms with E-state index in [-0.39, 0.29) is 11.5 Å². The van der Waals surface area contributed by atoms with Gasteiger partial charge < -0.3 is 9.32 Å². The monoisotopic (exact) mass is 707 g/mol. The van der Waals surface area contributed by atoms with Crippen molar-refractivity contribution < 1.29 is 4.42 Å². The van der Waals surface area contributed by atoms with Gasteiger partial charge in [-0.05, 0) is 86.9 Å². The van der Waals surface area contributed by atoms with E-state index in [9.17, 15) is 0 Å². The minimum absolute atomic E-state index is 0.122. The Morgan fingerprint density at radius 2 is 1.38 bits per heavy atom. The highest BCUT2D eigenvalue weighted by Gasteiger charge is 2.47. The molecule has 1 aromatic heterocycles. The molecular formula is C53H41NO. The first kappa shape index (κ1) is 32.1. The number of nitrogens with zero attached hydrogens (tertiary/aromatic N) is 1. The number of anilines is 1. The topological polar surface area (TPSA) is 16.4 Å². The van der Waals surface area contributed by atoms with Crippen LogP contribution in [0.3, 0.4) is 0 Å². The third-order valence-electron chi connectivity index (χ3n) is 12.4. The Bertz CT molecular complexity index is 2990. The lowest BCUT2D eigenvalue weighted by Crippen LogP contribution is -2.41. The van der Waals surface area contributed by atoms with Gasteiger partial charge in [-0.15, -0.1) is 0 Å². The SMILES string of the molecule is CC1(C)C2=C(C=CCC2N(C2=CC=CCC2)c2ccccc2-c2ccccc2)c2c1c1ccccc1c1c2oc2c(-c3ccc4ccccc4c3)cccc21. The van der Waals surface area contributed by atoms with Crippen LogP contribution in [0.4, 0.5) is 5.69 Å². The van der Waals surface area contributed by atoms with Gasteiger partial charge in [0.1, 0.15) is 11.2 Å². The minimum Gasteiger partial charge on any atom is -0.455 e. The van der Waals surface area contributed by atoms with Crippen molar-refractivity contribution >= 4 is 54.7 Å². The van der Waals surface area contributed by atoms with E-state index in [1.165, 1.54) is 82.7 Å². The Morgan fingerprint density at radius 1 is 0.636 bits per heavy atom. The van der Waals surface area contributed by atoms with Crippen molar-refractivity contribution in [2.75, 3.05) is 4.90 Å². The maximum atomic E-state index is 7.31. The van der Waals surface area contributed by atoms with Crippen molar-refractivity contribution in [3.63, 3.8) is 0 Å². The first-order valence-corrected chi connectivity index (χ1v) is 19.7. The molecule has 0 saturated heterocycles. The smallest absolute Gasteiger partial charge is 0.144 e. The Labute approximate surface area is 322 Å². The van der Waals surface area contributed by atoms with Gasteiger partial charge in [0.15, 0.2) is 0 Å². The summed E-state index contributed by atoms with van der Waals surface area (Å²) in [6.07, 6.45) is 14.7. The molecule has 0 fully saturated rings. The molecule has 2 nitrogen and oxygen atoms in total. The van der Waals surface area contributed by atoms with Crippen LogP contribution in [0.25, 0.3) is 71.3 Å². The van der Waals surface area contributed by atoms with Crippen LogP contribution in [0, 0.1) is 0 Å². The van der Waals surface area contributed by atoms with Gasteiger partial charge in [-0.2, -0.15) is 0 Å². The van der Waals surface area contributed by atoms with E-state index in [4.69, 9.17) is 4.42 Å². The second-order valence-corrected chi connectivity index (χ2v) is 15.8. The molecule has 55 heavy (non-hydrogen) atoms. The third kappa shape index (κ3) is 4.80. The van der Waals surface area contributed by atoms with Crippen LogP contribution >= 0.6 is 0 Å². The van der Waals surface area contributed by atoms with Gasteiger partial charge in [-0.25, -0.2) is 0 Å². The highest BCUT2D eigenvalue weighted by Crippen LogP contribution is 2.58. The summed E-state index contributed by atoms with van der Waals surface area (Å²) >= 11 is 0. The molecule has 3 aliphatic carbocycles. The highest BCUT2D eigenvalue weighted by molar-refractivity contribution is 6.25. The molecule has 0 bridgehead atoms. The molecule has 0 amide bonds. The molecule has 0 saturated carbocycles. The van der Waals surface area contributed by atoms with Crippen molar-refractivity contribution in [2.24, 2.45) is 0 Å². The van der Waals surface area contributed by atoms with Gasteiger partial charge in [0, 0.05) is 44.3 Å². The largest absolute Gasteiger partial charge is 0.455 e. The van der Waals surface area contributed by atoms with Gasteiger partial charge in [-0.3, -0.25) is 0 Å². The fraction of sp³-hybridized carbons (Fsp3) is 0.132. The average Bonchev–Trinajstić information content (AvgIpc) is 3.75. The molecule has 1 unspecified atom stereocenters. The average molecular weight is 708 g/mol. The quantitative estimate of drug-likeness (QED) is 0.177. The summed E-state index contributed by atoms with van der Waals surface area (Å²) in [6, 6.07) is 51.1. The number of rotatable bonds is 5. The van der Waals surface area contributed by atoms with E-state index in [2.05, 4.69) is 189 Å². The summed E-state index contributed by atoms with van der Waals surface area (Å²) in [6.45, 7) is 4.91. The maximum Gasteiger partial charge on any atom is 0.144 e. The first-order valence-electron chi connectivity index (χ1n) is 19.7. The van der Waals surface area contributed by atoms with Crippen LogP contribution in [0.2, 0.25) is 0 Å². The van der Waals surface area contributed by atoms with Crippen LogP contribution in [0.1, 0.15) is 44.2 Å². The number of fused-ring (bicyclic) bond motifs is 10. The molecule has 1 atom stereocenters. The fourth-order valence-corrected chi connectivity index (χ4v) is 10.1. The molecule has 0 spiro atoms. The number of furan rings is 1. The van der Waals surface area contributed by atoms with E-state index in [0.29, 0.717) is 0 Å². The van der Waals surface area contributed by atoms with Crippen molar-refractivity contribution in [2.45, 2.75) is 44.6 Å². The lowest BCUT2D eigenvalue weighted by atomic mass is 9.74. The lowest BCUT2D eigenvalue weighted by Gasteiger charge is -2.43. The zero-order valence-corrected chi connectivity index (χ0v) is 31.2. The van der Waals surface area contributed by atoms with Crippen LogP contribution in [0.5, 0.6) is 0 Å². The molecule has 1 heterocycles. The predicted molar refractivity (Wildman–Crippen MR) is 232 cm³/mol. The first-order chi connectivity index (χ1) is 27.1. The normalized spacial score (nSPS) is 17.3. The molecule has 264 valence electrons. The second kappa shape index (κ2) is 12.3. The van der Waals surface area contributed by atoms with Gasteiger partial charge in [0.05, 0.1) is 6.04 Å². The maximum absolute atomic E-state index is 7.31. The van der Waals surface area contributed by atoms with E-state index >= 15 is 0 Å². The zero-order chi connectivity index (χ0) is 36.7. The van der Waals surface area contributed by atoms with Crippen LogP contribution in [0.15, 0.2) is 186 Å². The second-order valence-electron chi connectivity index (χ2n) is 15.8. The molecular weight excluding hydrogens is 667 g/mol. The number of allylic oxidation sites excluding steroid dienone is 6. The molecule has 11 rings (SSSR count). The van der Waals surface area contributed by atoms with Crippen LogP contribution < -0.4 is 4.90 Å². The number of hydrogen-bond donors (Lipinski definition) is 0. The Hall–Kier alpha value is -6.38. The standard InChI is InChI=1S/C53H41NO/c1-53(2)49-43(27-16-30-46(49)54(38-21-7-4-8-22-38)45-29-14-13-23-39(45)35-18-5-3-6-19-35)48-50(53)42-25-12-11-24-41(42)47-44-28-15-26-40(51(44)55-52(47)48)37-32-31-34-17-9-10-20-36(34)33-37/h3-7,9-21,23-29,31-33,46H,8,22,30H2,1-2H3.